The summed E-state index contributed by atoms with van der Waals surface area (Å²) in [6.07, 6.45) is -9.39. The molecule has 148 heavy (non-hydrogen) atoms. The third-order valence-electron chi connectivity index (χ3n) is 25.2. The number of esters is 1. The molecule has 3 N–H and O–H groups in total. The van der Waals surface area contributed by atoms with Crippen LogP contribution in [0.1, 0.15) is 158 Å². The third kappa shape index (κ3) is 39.5. The Kier molecular flexibility index (Phi) is 48.7. The molecule has 11 atom stereocenters. The van der Waals surface area contributed by atoms with Gasteiger partial charge in [0, 0.05) is 78.5 Å². The normalized spacial score (nSPS) is 17.6. The Morgan fingerprint density at radius 2 is 0.635 bits per heavy atom. The molecule has 11 aromatic carbocycles. The summed E-state index contributed by atoms with van der Waals surface area (Å²) >= 11 is 0. The van der Waals surface area contributed by atoms with E-state index < -0.39 is 98.5 Å². The molecule has 11 aromatic rings. The molecule has 0 aromatic heterocycles. The van der Waals surface area contributed by atoms with Gasteiger partial charge in [-0.1, -0.05) is 334 Å². The van der Waals surface area contributed by atoms with Gasteiger partial charge in [-0.15, -0.1) is 0 Å². The van der Waals surface area contributed by atoms with Crippen molar-refractivity contribution in [1.29, 1.82) is 0 Å². The maximum atomic E-state index is 14.8. The van der Waals surface area contributed by atoms with Crippen molar-refractivity contribution < 1.29 is 110 Å². The van der Waals surface area contributed by atoms with E-state index in [1.165, 1.54) is 20.1 Å². The van der Waals surface area contributed by atoms with Crippen molar-refractivity contribution >= 4 is 41.6 Å². The van der Waals surface area contributed by atoms with Gasteiger partial charge in [0.25, 0.3) is 0 Å². The molecule has 0 spiro atoms. The van der Waals surface area contributed by atoms with Crippen molar-refractivity contribution in [2.24, 2.45) is 0 Å². The molecule has 0 unspecified atom stereocenters. The molecule has 784 valence electrons. The number of hydrogen-bond donors (Lipinski definition) is 3. The highest BCUT2D eigenvalue weighted by Crippen LogP contribution is 2.39. The number of nitrogens with zero attached hydrogens (tertiary/aromatic N) is 4. The molecule has 0 saturated carbocycles. The number of rotatable bonds is 65. The Balaban J connectivity index is 0.644. The molecular formula is C119H140N6O23. The molecule has 0 aliphatic carbocycles. The number of amides is 6. The van der Waals surface area contributed by atoms with Crippen molar-refractivity contribution in [2.75, 3.05) is 59.6 Å². The number of ether oxygens (including phenoxy) is 12. The molecule has 2 aliphatic heterocycles. The topological polar surface area (TPSA) is 315 Å². The summed E-state index contributed by atoms with van der Waals surface area (Å²) in [6, 6.07) is 104. The van der Waals surface area contributed by atoms with Gasteiger partial charge in [-0.05, 0) is 119 Å². The average molecular weight is 2020 g/mol. The largest absolute Gasteiger partial charge is 0.463 e. The molecule has 2 aliphatic rings. The Morgan fingerprint density at radius 1 is 0.311 bits per heavy atom. The van der Waals surface area contributed by atoms with E-state index in [9.17, 15) is 38.7 Å². The number of benzene rings is 11. The van der Waals surface area contributed by atoms with Crippen molar-refractivity contribution in [1.82, 2.24) is 30.7 Å². The zero-order valence-electron chi connectivity index (χ0n) is 84.4. The second-order valence-corrected chi connectivity index (χ2v) is 36.5. The van der Waals surface area contributed by atoms with Gasteiger partial charge in [0.05, 0.1) is 65.3 Å². The van der Waals surface area contributed by atoms with Crippen LogP contribution >= 0.6 is 0 Å². The number of hydrogen-bond acceptors (Lipinski definition) is 23. The molecule has 29 heteroatoms. The van der Waals surface area contributed by atoms with Gasteiger partial charge in [-0.3, -0.25) is 43.3 Å². The van der Waals surface area contributed by atoms with E-state index in [2.05, 4.69) is 10.6 Å². The van der Waals surface area contributed by atoms with Gasteiger partial charge in [0.1, 0.15) is 81.9 Å². The first-order chi connectivity index (χ1) is 72.7. The Hall–Kier alpha value is -13.1. The average Bonchev–Trinajstić information content (AvgIpc) is 0.757. The minimum Gasteiger partial charge on any atom is -0.463 e. The molecule has 0 radical (unpaired) electrons. The number of carbonyl (C=O) groups is 7. The van der Waals surface area contributed by atoms with Crippen LogP contribution in [0.3, 0.4) is 0 Å². The fraction of sp³-hybridized carbons (Fsp3) is 0.387. The number of aliphatic hydroxyl groups is 1. The standard InChI is InChI=1S/C119H140N6O23/c1-122(119(133)142-85-98-58-30-9-31-59-98)102(89-135-79-92-46-18-3-19-47-92)111-114(139-82-95-52-24-6-25-53-95)115(140-83-96-54-26-7-27-55-96)116(118(147-111)141-84-97-56-28-8-29-57-97)148-117-110(132)113(138-81-94-50-22-5-23-51-94)112(137-80-93-48-20-4-21-49-93)103(146-117)90-136-109(131)71-70-108(130)125(145-88-101-64-36-12-37-65-101)75-41-14-39-73-121-104(126)66-68-106(128)123(143-86-99-60-32-10-33-61-99)74-40-13-38-72-120-105(127)67-69-107(129)124(144-87-100-62-34-11-35-63-100)76-42-15-43-77-134-78-91-44-16-2-17-45-91/h2-12,16-37,44-65,102-103,110-118,132H,13-15,38-43,66-90H2,1H3,(H,120,127)(H,121,126)/t102-,103+,110-,111+,112+,113+,114+,115-,116+,117+,118-/m0/s1. The van der Waals surface area contributed by atoms with Crippen molar-refractivity contribution in [3.8, 4) is 0 Å². The first kappa shape index (κ1) is 112. The van der Waals surface area contributed by atoms with E-state index in [0.717, 1.165) is 74.0 Å². The first-order valence-corrected chi connectivity index (χ1v) is 51.4. The summed E-state index contributed by atoms with van der Waals surface area (Å²) in [6.45, 7) is 2.40. The number of likely N-dealkylation sites (N-methyl/N-ethyl adjacent to an activating group) is 1. The zero-order valence-corrected chi connectivity index (χ0v) is 84.4. The zero-order chi connectivity index (χ0) is 103. The van der Waals surface area contributed by atoms with E-state index in [1.54, 1.807) is 7.05 Å². The van der Waals surface area contributed by atoms with Gasteiger partial charge >= 0.3 is 12.1 Å². The minimum atomic E-state index is -1.68. The van der Waals surface area contributed by atoms with Crippen LogP contribution in [0.2, 0.25) is 0 Å². The Labute approximate surface area is 868 Å². The molecule has 13 rings (SSSR count). The third-order valence-corrected chi connectivity index (χ3v) is 25.2. The SMILES string of the molecule is CN(C(=O)OCc1ccccc1)[C@@H](COCc1ccccc1)[C@H]1O[C@H](OCc2ccccc2)[C@H](O[C@H]2O[C@H](COC(=O)CCC(=O)N(CCCCCNC(=O)CCC(=O)N(CCCCCNC(=O)CCC(=O)N(CCCCCOCc3ccccc3)OCc3ccccc3)OCc3ccccc3)OCc3ccccc3)[C@@H](OCc3ccccc3)[C@H](OCc3ccccc3)[C@@H]2O)[C@@H](OCc2ccccc2)[C@@H]1OCc1ccccc1. The summed E-state index contributed by atoms with van der Waals surface area (Å²) in [4.78, 5) is 118. The van der Waals surface area contributed by atoms with Gasteiger partial charge in [0.2, 0.25) is 29.5 Å². The fourth-order valence-electron chi connectivity index (χ4n) is 16.9. The monoisotopic (exact) mass is 2020 g/mol. The first-order valence-electron chi connectivity index (χ1n) is 51.4. The molecule has 29 nitrogen and oxygen atoms in total. The smallest absolute Gasteiger partial charge is 0.410 e. The minimum absolute atomic E-state index is 0.00000921. The molecule has 2 heterocycles. The van der Waals surface area contributed by atoms with Crippen molar-refractivity contribution in [3.05, 3.63) is 395 Å². The molecule has 6 amide bonds. The van der Waals surface area contributed by atoms with E-state index >= 15 is 0 Å². The lowest BCUT2D eigenvalue weighted by atomic mass is 9.92. The number of unbranched alkanes of at least 4 members (excludes halogenated alkanes) is 6. The van der Waals surface area contributed by atoms with E-state index in [4.69, 9.17) is 71.4 Å². The highest BCUT2D eigenvalue weighted by Gasteiger charge is 2.56. The quantitative estimate of drug-likeness (QED) is 0.0181. The summed E-state index contributed by atoms with van der Waals surface area (Å²) in [5, 5.41) is 23.2. The van der Waals surface area contributed by atoms with E-state index in [1.807, 2.05) is 334 Å². The van der Waals surface area contributed by atoms with Crippen LogP contribution in [0.25, 0.3) is 0 Å². The predicted octanol–water partition coefficient (Wildman–Crippen LogP) is 18.3. The Morgan fingerprint density at radius 3 is 1.03 bits per heavy atom. The molecular weight excluding hydrogens is 1880 g/mol. The van der Waals surface area contributed by atoms with Gasteiger partial charge in [0.15, 0.2) is 12.6 Å². The van der Waals surface area contributed by atoms with Crippen LogP contribution in [0, 0.1) is 0 Å². The lowest BCUT2D eigenvalue weighted by Gasteiger charge is -2.51. The second-order valence-electron chi connectivity index (χ2n) is 36.5. The van der Waals surface area contributed by atoms with Crippen LogP contribution in [-0.4, -0.2) is 194 Å². The second kappa shape index (κ2) is 64.3. The highest BCUT2D eigenvalue weighted by atomic mass is 16.8. The summed E-state index contributed by atoms with van der Waals surface area (Å²) in [7, 11) is 1.62. The van der Waals surface area contributed by atoms with Crippen LogP contribution < -0.4 is 10.6 Å². The number of carbonyl (C=O) groups excluding carboxylic acids is 7. The maximum Gasteiger partial charge on any atom is 0.410 e. The Bertz CT molecular complexity index is 5590. The van der Waals surface area contributed by atoms with Crippen molar-refractivity contribution in [2.45, 2.75) is 236 Å². The fourth-order valence-corrected chi connectivity index (χ4v) is 16.9. The highest BCUT2D eigenvalue weighted by molar-refractivity contribution is 5.84. The van der Waals surface area contributed by atoms with Crippen LogP contribution in [0.4, 0.5) is 4.79 Å². The summed E-state index contributed by atoms with van der Waals surface area (Å²) in [5.74, 6) is -2.47. The maximum absolute atomic E-state index is 14.8. The number of nitrogens with one attached hydrogen (secondary N) is 2. The van der Waals surface area contributed by atoms with E-state index in [0.29, 0.717) is 71.2 Å². The molecule has 2 fully saturated rings. The van der Waals surface area contributed by atoms with Gasteiger partial charge in [-0.25, -0.2) is 20.0 Å². The van der Waals surface area contributed by atoms with E-state index in [-0.39, 0.29) is 148 Å². The summed E-state index contributed by atoms with van der Waals surface area (Å²) in [5.41, 5.74) is 9.24. The summed E-state index contributed by atoms with van der Waals surface area (Å²) < 4.78 is 81.9. The lowest BCUT2D eigenvalue weighted by Crippen LogP contribution is -2.68. The van der Waals surface area contributed by atoms with Gasteiger partial charge in [-0.2, -0.15) is 0 Å². The predicted molar refractivity (Wildman–Crippen MR) is 555 cm³/mol. The van der Waals surface area contributed by atoms with Crippen LogP contribution in [0.15, 0.2) is 334 Å². The van der Waals surface area contributed by atoms with Crippen LogP contribution in [0.5, 0.6) is 0 Å². The molecule has 2 saturated heterocycles. The number of aliphatic hydroxyl groups excluding tert-OH is 1. The van der Waals surface area contributed by atoms with Crippen LogP contribution in [-0.2, 0) is 173 Å². The number of hydroxylamine groups is 6. The molecule has 0 bridgehead atoms. The lowest BCUT2D eigenvalue weighted by molar-refractivity contribution is -0.381. The van der Waals surface area contributed by atoms with Crippen molar-refractivity contribution in [3.63, 3.8) is 0 Å². The van der Waals surface area contributed by atoms with Gasteiger partial charge < -0.3 is 77.5 Å².